The number of allylic oxidation sites excluding steroid dienone is 1. The largest absolute Gasteiger partial charge is 0.464 e. The number of carbonyl (C=O) groups excluding carboxylic acids is 1. The van der Waals surface area contributed by atoms with Gasteiger partial charge in [0.15, 0.2) is 0 Å². The highest BCUT2D eigenvalue weighted by atomic mass is 32.2. The van der Waals surface area contributed by atoms with E-state index in [2.05, 4.69) is 24.3 Å². The number of thioether (sulfide) groups is 1. The van der Waals surface area contributed by atoms with Gasteiger partial charge in [0.25, 0.3) is 0 Å². The SMILES string of the molecule is CCOC(=O)C1C(c2ccc(-c3ccccc3SC)cc2)C(C#N)=C(C#N)N1C. The molecule has 29 heavy (non-hydrogen) atoms. The summed E-state index contributed by atoms with van der Waals surface area (Å²) in [6.07, 6.45) is 2.04. The minimum absolute atomic E-state index is 0.215. The van der Waals surface area contributed by atoms with Crippen LogP contribution in [-0.2, 0) is 9.53 Å². The molecule has 0 amide bonds. The Kier molecular flexibility index (Phi) is 6.26. The second-order valence-electron chi connectivity index (χ2n) is 6.59. The Morgan fingerprint density at radius 2 is 1.83 bits per heavy atom. The van der Waals surface area contributed by atoms with E-state index in [1.165, 1.54) is 4.90 Å². The van der Waals surface area contributed by atoms with Gasteiger partial charge in [0.05, 0.1) is 24.2 Å². The molecule has 0 N–H and O–H groups in total. The van der Waals surface area contributed by atoms with Crippen LogP contribution >= 0.6 is 11.8 Å². The number of nitriles is 2. The molecular weight excluding hydrogens is 382 g/mol. The normalized spacial score (nSPS) is 18.3. The first-order valence-corrected chi connectivity index (χ1v) is 10.5. The summed E-state index contributed by atoms with van der Waals surface area (Å²) >= 11 is 1.68. The molecule has 1 aliphatic rings. The smallest absolute Gasteiger partial charge is 0.329 e. The lowest BCUT2D eigenvalue weighted by molar-refractivity contribution is -0.148. The van der Waals surface area contributed by atoms with Crippen molar-refractivity contribution in [2.24, 2.45) is 0 Å². The Bertz CT molecular complexity index is 1030. The fourth-order valence-electron chi connectivity index (χ4n) is 3.74. The second-order valence-corrected chi connectivity index (χ2v) is 7.44. The van der Waals surface area contributed by atoms with Gasteiger partial charge in [-0.3, -0.25) is 0 Å². The van der Waals surface area contributed by atoms with Gasteiger partial charge in [-0.25, -0.2) is 4.79 Å². The minimum atomic E-state index is -0.733. The van der Waals surface area contributed by atoms with Crippen LogP contribution in [0.2, 0.25) is 0 Å². The van der Waals surface area contributed by atoms with Crippen LogP contribution in [0.4, 0.5) is 0 Å². The molecule has 0 fully saturated rings. The first kappa shape index (κ1) is 20.5. The van der Waals surface area contributed by atoms with Gasteiger partial charge in [-0.15, -0.1) is 11.8 Å². The molecule has 2 aromatic rings. The summed E-state index contributed by atoms with van der Waals surface area (Å²) in [7, 11) is 1.65. The predicted molar refractivity (Wildman–Crippen MR) is 113 cm³/mol. The standard InChI is InChI=1S/C23H21N3O2S/c1-4-28-23(27)22-21(18(13-24)19(14-25)26(22)2)16-11-9-15(10-12-16)17-7-5-6-8-20(17)29-3/h5-12,21-22H,4H2,1-3H3. The number of hydrogen-bond acceptors (Lipinski definition) is 6. The molecule has 2 unspecified atom stereocenters. The number of nitrogens with zero attached hydrogens (tertiary/aromatic N) is 3. The number of ether oxygens (including phenoxy) is 1. The van der Waals surface area contributed by atoms with Gasteiger partial charge in [-0.05, 0) is 35.9 Å². The Hall–Kier alpha value is -3.22. The fourth-order valence-corrected chi connectivity index (χ4v) is 4.36. The number of carbonyl (C=O) groups is 1. The van der Waals surface area contributed by atoms with Gasteiger partial charge in [-0.2, -0.15) is 10.5 Å². The number of hydrogen-bond donors (Lipinski definition) is 0. The number of rotatable bonds is 5. The Balaban J connectivity index is 2.04. The van der Waals surface area contributed by atoms with Crippen LogP contribution in [0.25, 0.3) is 11.1 Å². The Labute approximate surface area is 175 Å². The molecule has 0 saturated carbocycles. The van der Waals surface area contributed by atoms with Gasteiger partial charge in [0.1, 0.15) is 17.8 Å². The second kappa shape index (κ2) is 8.86. The monoisotopic (exact) mass is 403 g/mol. The third-order valence-corrected chi connectivity index (χ3v) is 5.89. The highest BCUT2D eigenvalue weighted by Crippen LogP contribution is 2.41. The fraction of sp³-hybridized carbons (Fsp3) is 0.261. The summed E-state index contributed by atoms with van der Waals surface area (Å²) in [5.74, 6) is -0.974. The molecule has 6 heteroatoms. The summed E-state index contributed by atoms with van der Waals surface area (Å²) in [5.41, 5.74) is 3.51. The predicted octanol–water partition coefficient (Wildman–Crippen LogP) is 4.34. The molecule has 0 aromatic heterocycles. The molecule has 1 heterocycles. The van der Waals surface area contributed by atoms with Gasteiger partial charge >= 0.3 is 5.97 Å². The summed E-state index contributed by atoms with van der Waals surface area (Å²) in [4.78, 5) is 15.4. The van der Waals surface area contributed by atoms with Crippen LogP contribution in [0, 0.1) is 22.7 Å². The molecule has 2 aromatic carbocycles. The molecule has 3 rings (SSSR count). The molecule has 2 atom stereocenters. The number of benzene rings is 2. The summed E-state index contributed by atoms with van der Waals surface area (Å²) in [5, 5.41) is 19.2. The zero-order chi connectivity index (χ0) is 21.0. The van der Waals surface area contributed by atoms with E-state index in [-0.39, 0.29) is 12.3 Å². The van der Waals surface area contributed by atoms with Crippen LogP contribution in [0.15, 0.2) is 64.7 Å². The highest BCUT2D eigenvalue weighted by molar-refractivity contribution is 7.98. The maximum Gasteiger partial charge on any atom is 0.329 e. The average molecular weight is 404 g/mol. The summed E-state index contributed by atoms with van der Waals surface area (Å²) in [6, 6.07) is 19.5. The Morgan fingerprint density at radius 1 is 1.14 bits per heavy atom. The van der Waals surface area contributed by atoms with E-state index in [0.29, 0.717) is 5.57 Å². The van der Waals surface area contributed by atoms with E-state index in [1.807, 2.05) is 42.7 Å². The zero-order valence-electron chi connectivity index (χ0n) is 16.5. The first-order chi connectivity index (χ1) is 14.1. The van der Waals surface area contributed by atoms with E-state index in [1.54, 1.807) is 30.6 Å². The van der Waals surface area contributed by atoms with Gasteiger partial charge < -0.3 is 9.64 Å². The maximum absolute atomic E-state index is 12.6. The van der Waals surface area contributed by atoms with Crippen LogP contribution < -0.4 is 0 Å². The highest BCUT2D eigenvalue weighted by Gasteiger charge is 2.45. The molecular formula is C23H21N3O2S. The van der Waals surface area contributed by atoms with Gasteiger partial charge in [0.2, 0.25) is 0 Å². The van der Waals surface area contributed by atoms with Crippen LogP contribution in [0.1, 0.15) is 18.4 Å². The van der Waals surface area contributed by atoms with Crippen molar-refractivity contribution in [3.8, 4) is 23.3 Å². The van der Waals surface area contributed by atoms with E-state index in [0.717, 1.165) is 16.7 Å². The Morgan fingerprint density at radius 3 is 2.41 bits per heavy atom. The van der Waals surface area contributed by atoms with E-state index >= 15 is 0 Å². The van der Waals surface area contributed by atoms with Crippen molar-refractivity contribution in [1.82, 2.24) is 4.90 Å². The van der Waals surface area contributed by atoms with Crippen molar-refractivity contribution in [3.05, 3.63) is 65.4 Å². The first-order valence-electron chi connectivity index (χ1n) is 9.24. The quantitative estimate of drug-likeness (QED) is 0.546. The zero-order valence-corrected chi connectivity index (χ0v) is 17.4. The molecule has 0 spiro atoms. The lowest BCUT2D eigenvalue weighted by Crippen LogP contribution is -2.39. The molecule has 0 aliphatic carbocycles. The number of esters is 1. The van der Waals surface area contributed by atoms with E-state index < -0.39 is 17.9 Å². The van der Waals surface area contributed by atoms with E-state index in [4.69, 9.17) is 4.74 Å². The third-order valence-electron chi connectivity index (χ3n) is 5.09. The topological polar surface area (TPSA) is 77.1 Å². The van der Waals surface area contributed by atoms with Crippen LogP contribution in [0.5, 0.6) is 0 Å². The average Bonchev–Trinajstić information content (AvgIpc) is 3.05. The maximum atomic E-state index is 12.6. The van der Waals surface area contributed by atoms with Crippen molar-refractivity contribution in [2.75, 3.05) is 19.9 Å². The van der Waals surface area contributed by atoms with E-state index in [9.17, 15) is 15.3 Å². The lowest BCUT2D eigenvalue weighted by Gasteiger charge is -2.25. The third kappa shape index (κ3) is 3.72. The summed E-state index contributed by atoms with van der Waals surface area (Å²) < 4.78 is 5.23. The van der Waals surface area contributed by atoms with Gasteiger partial charge in [0, 0.05) is 11.9 Å². The molecule has 146 valence electrons. The van der Waals surface area contributed by atoms with Crippen LogP contribution in [0.3, 0.4) is 0 Å². The molecule has 0 saturated heterocycles. The van der Waals surface area contributed by atoms with Crippen molar-refractivity contribution in [2.45, 2.75) is 23.8 Å². The molecule has 0 radical (unpaired) electrons. The summed E-state index contributed by atoms with van der Waals surface area (Å²) in [6.45, 7) is 1.98. The van der Waals surface area contributed by atoms with Gasteiger partial charge in [-0.1, -0.05) is 42.5 Å². The van der Waals surface area contributed by atoms with Crippen molar-refractivity contribution in [1.29, 1.82) is 10.5 Å². The van der Waals surface area contributed by atoms with Crippen molar-refractivity contribution in [3.63, 3.8) is 0 Å². The van der Waals surface area contributed by atoms with Crippen molar-refractivity contribution >= 4 is 17.7 Å². The lowest BCUT2D eigenvalue weighted by atomic mass is 9.86. The molecule has 5 nitrogen and oxygen atoms in total. The molecule has 1 aliphatic heterocycles. The molecule has 0 bridgehead atoms. The number of likely N-dealkylation sites (N-methyl/N-ethyl adjacent to an activating group) is 1. The van der Waals surface area contributed by atoms with Crippen molar-refractivity contribution < 1.29 is 9.53 Å². The minimum Gasteiger partial charge on any atom is -0.464 e. The van der Waals surface area contributed by atoms with Crippen LogP contribution in [-0.4, -0.2) is 36.8 Å².